The van der Waals surface area contributed by atoms with E-state index in [1.54, 1.807) is 19.1 Å². The molecule has 0 atom stereocenters. The second-order valence-corrected chi connectivity index (χ2v) is 7.64. The number of benzene rings is 2. The van der Waals surface area contributed by atoms with E-state index in [0.29, 0.717) is 17.0 Å². The van der Waals surface area contributed by atoms with Gasteiger partial charge in [0.15, 0.2) is 0 Å². The van der Waals surface area contributed by atoms with Crippen molar-refractivity contribution in [2.24, 2.45) is 5.10 Å². The number of halogens is 1. The Morgan fingerprint density at radius 1 is 1.27 bits per heavy atom. The van der Waals surface area contributed by atoms with Crippen LogP contribution in [-0.4, -0.2) is 29.6 Å². The van der Waals surface area contributed by atoms with Crippen molar-refractivity contribution in [2.75, 3.05) is 12.9 Å². The Bertz CT molecular complexity index is 853. The summed E-state index contributed by atoms with van der Waals surface area (Å²) in [4.78, 5) is 13.1. The highest BCUT2D eigenvalue weighted by atomic mass is 79.9. The highest BCUT2D eigenvalue weighted by molar-refractivity contribution is 9.10. The van der Waals surface area contributed by atoms with Crippen molar-refractivity contribution in [3.63, 3.8) is 0 Å². The number of aromatic hydroxyl groups is 1. The number of hydrazone groups is 1. The van der Waals surface area contributed by atoms with Gasteiger partial charge in [-0.1, -0.05) is 15.9 Å². The number of carbonyl (C=O) groups is 1. The van der Waals surface area contributed by atoms with E-state index in [2.05, 4.69) is 32.5 Å². The zero-order valence-electron chi connectivity index (χ0n) is 15.1. The summed E-state index contributed by atoms with van der Waals surface area (Å²) in [5.41, 5.74) is 5.82. The average Bonchev–Trinajstić information content (AvgIpc) is 2.61. The smallest absolute Gasteiger partial charge is 0.250 e. The summed E-state index contributed by atoms with van der Waals surface area (Å²) in [5.74, 6) is 0.657. The van der Waals surface area contributed by atoms with Crippen LogP contribution in [0.25, 0.3) is 0 Å². The van der Waals surface area contributed by atoms with E-state index in [1.165, 1.54) is 24.9 Å². The lowest BCUT2D eigenvalue weighted by Crippen LogP contribution is -2.21. The first-order chi connectivity index (χ1) is 12.3. The Morgan fingerprint density at radius 3 is 2.65 bits per heavy atom. The minimum atomic E-state index is -0.206. The molecule has 1 amide bonds. The summed E-state index contributed by atoms with van der Waals surface area (Å²) in [6.07, 6.45) is 0. The second-order valence-electron chi connectivity index (χ2n) is 5.77. The normalized spacial score (nSPS) is 11.3. The van der Waals surface area contributed by atoms with Gasteiger partial charge in [0.1, 0.15) is 11.5 Å². The number of nitrogens with one attached hydrogen (secondary N) is 1. The van der Waals surface area contributed by atoms with Crippen LogP contribution in [-0.2, 0) is 4.79 Å². The average molecular weight is 437 g/mol. The predicted octanol–water partition coefficient (Wildman–Crippen LogP) is 4.41. The third-order valence-corrected chi connectivity index (χ3v) is 5.77. The Balaban J connectivity index is 1.97. The molecule has 26 heavy (non-hydrogen) atoms. The second kappa shape index (κ2) is 9.09. The fraction of sp³-hybridized carbons (Fsp3) is 0.263. The fourth-order valence-electron chi connectivity index (χ4n) is 2.24. The van der Waals surface area contributed by atoms with E-state index in [4.69, 9.17) is 4.74 Å². The van der Waals surface area contributed by atoms with Crippen LogP contribution < -0.4 is 10.2 Å². The lowest BCUT2D eigenvalue weighted by Gasteiger charge is -2.09. The van der Waals surface area contributed by atoms with Crippen molar-refractivity contribution in [3.05, 3.63) is 51.5 Å². The number of amides is 1. The SMILES string of the molecule is COc1ccc(/C(C)=N/NC(=O)CSc2cc(C)c(Br)cc2C)c(O)c1. The number of phenolic OH excluding ortho intramolecular Hbond substituents is 1. The molecule has 0 saturated heterocycles. The zero-order chi connectivity index (χ0) is 19.3. The van der Waals surface area contributed by atoms with E-state index in [0.717, 1.165) is 20.5 Å². The standard InChI is InChI=1S/C19H21BrN2O3S/c1-11-8-18(12(2)7-16(11)20)26-10-19(24)22-21-13(3)15-6-5-14(25-4)9-17(15)23/h5-9,23H,10H2,1-4H3,(H,22,24)/b21-13+. The maximum absolute atomic E-state index is 12.1. The van der Waals surface area contributed by atoms with Gasteiger partial charge in [-0.05, 0) is 56.2 Å². The van der Waals surface area contributed by atoms with Crippen molar-refractivity contribution >= 4 is 39.3 Å². The molecule has 0 radical (unpaired) electrons. The van der Waals surface area contributed by atoms with Crippen LogP contribution in [0.15, 0.2) is 44.8 Å². The van der Waals surface area contributed by atoms with Crippen molar-refractivity contribution in [1.29, 1.82) is 0 Å². The molecular weight excluding hydrogens is 416 g/mol. The Hall–Kier alpha value is -1.99. The third kappa shape index (κ3) is 5.25. The van der Waals surface area contributed by atoms with Gasteiger partial charge in [0.2, 0.25) is 5.91 Å². The molecular formula is C19H21BrN2O3S. The highest BCUT2D eigenvalue weighted by Gasteiger charge is 2.09. The van der Waals surface area contributed by atoms with Gasteiger partial charge >= 0.3 is 0 Å². The first kappa shape index (κ1) is 20.3. The number of phenols is 1. The van der Waals surface area contributed by atoms with Crippen molar-refractivity contribution < 1.29 is 14.6 Å². The predicted molar refractivity (Wildman–Crippen MR) is 109 cm³/mol. The summed E-state index contributed by atoms with van der Waals surface area (Å²) in [6, 6.07) is 9.03. The molecule has 5 nitrogen and oxygen atoms in total. The molecule has 0 spiro atoms. The number of carbonyl (C=O) groups excluding carboxylic acids is 1. The Labute approximate surface area is 166 Å². The molecule has 2 aromatic carbocycles. The number of hydrogen-bond acceptors (Lipinski definition) is 5. The first-order valence-electron chi connectivity index (χ1n) is 7.92. The van der Waals surface area contributed by atoms with Crippen LogP contribution in [0.4, 0.5) is 0 Å². The van der Waals surface area contributed by atoms with Gasteiger partial charge in [-0.15, -0.1) is 11.8 Å². The topological polar surface area (TPSA) is 70.9 Å². The summed E-state index contributed by atoms with van der Waals surface area (Å²) >= 11 is 4.97. The monoisotopic (exact) mass is 436 g/mol. The van der Waals surface area contributed by atoms with E-state index in [9.17, 15) is 9.90 Å². The molecule has 2 N–H and O–H groups in total. The van der Waals surface area contributed by atoms with Crippen LogP contribution in [0, 0.1) is 13.8 Å². The number of hydrogen-bond donors (Lipinski definition) is 2. The molecule has 0 bridgehead atoms. The van der Waals surface area contributed by atoms with Crippen LogP contribution in [0.5, 0.6) is 11.5 Å². The minimum Gasteiger partial charge on any atom is -0.507 e. The molecule has 0 heterocycles. The molecule has 2 aromatic rings. The maximum atomic E-state index is 12.1. The van der Waals surface area contributed by atoms with Crippen LogP contribution in [0.2, 0.25) is 0 Å². The van der Waals surface area contributed by atoms with Crippen LogP contribution in [0.1, 0.15) is 23.6 Å². The van der Waals surface area contributed by atoms with Gasteiger partial charge in [0, 0.05) is 21.0 Å². The van der Waals surface area contributed by atoms with E-state index in [-0.39, 0.29) is 17.4 Å². The van der Waals surface area contributed by atoms with Crippen molar-refractivity contribution in [2.45, 2.75) is 25.7 Å². The summed E-state index contributed by atoms with van der Waals surface area (Å²) in [6.45, 7) is 5.75. The molecule has 0 saturated carbocycles. The zero-order valence-corrected chi connectivity index (χ0v) is 17.5. The third-order valence-electron chi connectivity index (χ3n) is 3.76. The molecule has 7 heteroatoms. The van der Waals surface area contributed by atoms with Gasteiger partial charge in [-0.3, -0.25) is 4.79 Å². The first-order valence-corrected chi connectivity index (χ1v) is 9.69. The molecule has 0 unspecified atom stereocenters. The largest absolute Gasteiger partial charge is 0.507 e. The van der Waals surface area contributed by atoms with Gasteiger partial charge < -0.3 is 9.84 Å². The highest BCUT2D eigenvalue weighted by Crippen LogP contribution is 2.28. The van der Waals surface area contributed by atoms with Gasteiger partial charge in [-0.2, -0.15) is 5.10 Å². The number of rotatable bonds is 6. The van der Waals surface area contributed by atoms with E-state index < -0.39 is 0 Å². The lowest BCUT2D eigenvalue weighted by atomic mass is 10.1. The van der Waals surface area contributed by atoms with Gasteiger partial charge in [0.05, 0.1) is 18.6 Å². The molecule has 0 aliphatic carbocycles. The Kier molecular flexibility index (Phi) is 7.11. The fourth-order valence-corrected chi connectivity index (χ4v) is 3.59. The lowest BCUT2D eigenvalue weighted by molar-refractivity contribution is -0.118. The summed E-state index contributed by atoms with van der Waals surface area (Å²) in [7, 11) is 1.53. The molecule has 0 aromatic heterocycles. The van der Waals surface area contributed by atoms with Gasteiger partial charge in [-0.25, -0.2) is 5.43 Å². The van der Waals surface area contributed by atoms with Crippen molar-refractivity contribution in [3.8, 4) is 11.5 Å². The number of aryl methyl sites for hydroxylation is 2. The molecule has 0 fully saturated rings. The molecule has 138 valence electrons. The summed E-state index contributed by atoms with van der Waals surface area (Å²) in [5, 5.41) is 14.1. The van der Waals surface area contributed by atoms with Gasteiger partial charge in [0.25, 0.3) is 0 Å². The minimum absolute atomic E-state index is 0.0511. The number of methoxy groups -OCH3 is 1. The van der Waals surface area contributed by atoms with Crippen LogP contribution in [0.3, 0.4) is 0 Å². The molecule has 0 aliphatic rings. The molecule has 0 aliphatic heterocycles. The van der Waals surface area contributed by atoms with Crippen molar-refractivity contribution in [1.82, 2.24) is 5.43 Å². The quantitative estimate of drug-likeness (QED) is 0.399. The van der Waals surface area contributed by atoms with Crippen LogP contribution >= 0.6 is 27.7 Å². The van der Waals surface area contributed by atoms with E-state index in [1.807, 2.05) is 19.9 Å². The maximum Gasteiger partial charge on any atom is 0.250 e. The number of ether oxygens (including phenoxy) is 1. The molecule has 2 rings (SSSR count). The number of nitrogens with zero attached hydrogens (tertiary/aromatic N) is 1. The Morgan fingerprint density at radius 2 is 2.00 bits per heavy atom. The van der Waals surface area contributed by atoms with E-state index >= 15 is 0 Å². The summed E-state index contributed by atoms with van der Waals surface area (Å²) < 4.78 is 6.11. The number of thioether (sulfide) groups is 1.